The Hall–Kier alpha value is -0.910. The standard InChI is InChI=1S/C14H20BrN3O/c1-8(2)12-7-13(18-17-12)14(19)16-10-4-5-11(15)9(3)6-10/h4-6,8,12-13,17-18H,7H2,1-3H3,(H,16,19). The van der Waals surface area contributed by atoms with Crippen LogP contribution in [0.5, 0.6) is 0 Å². The molecule has 1 saturated heterocycles. The molecule has 19 heavy (non-hydrogen) atoms. The molecule has 2 rings (SSSR count). The predicted molar refractivity (Wildman–Crippen MR) is 80.8 cm³/mol. The highest BCUT2D eigenvalue weighted by Gasteiger charge is 2.30. The monoisotopic (exact) mass is 325 g/mol. The second-order valence-electron chi connectivity index (χ2n) is 5.38. The molecule has 4 nitrogen and oxygen atoms in total. The molecule has 0 spiro atoms. The lowest BCUT2D eigenvalue weighted by molar-refractivity contribution is -0.117. The highest BCUT2D eigenvalue weighted by atomic mass is 79.9. The van der Waals surface area contributed by atoms with Crippen LogP contribution in [0.1, 0.15) is 25.8 Å². The van der Waals surface area contributed by atoms with Gasteiger partial charge in [-0.25, -0.2) is 5.43 Å². The van der Waals surface area contributed by atoms with Crippen LogP contribution in [-0.2, 0) is 4.79 Å². The van der Waals surface area contributed by atoms with Crippen molar-refractivity contribution >= 4 is 27.5 Å². The van der Waals surface area contributed by atoms with Crippen LogP contribution in [0.15, 0.2) is 22.7 Å². The van der Waals surface area contributed by atoms with Crippen molar-refractivity contribution in [3.63, 3.8) is 0 Å². The molecule has 2 atom stereocenters. The maximum atomic E-state index is 12.2. The maximum absolute atomic E-state index is 12.2. The van der Waals surface area contributed by atoms with Crippen molar-refractivity contribution in [2.24, 2.45) is 5.92 Å². The summed E-state index contributed by atoms with van der Waals surface area (Å²) in [6.07, 6.45) is 0.818. The summed E-state index contributed by atoms with van der Waals surface area (Å²) in [7, 11) is 0. The van der Waals surface area contributed by atoms with Crippen LogP contribution in [-0.4, -0.2) is 18.0 Å². The number of nitrogens with one attached hydrogen (secondary N) is 3. The zero-order valence-electron chi connectivity index (χ0n) is 11.5. The summed E-state index contributed by atoms with van der Waals surface area (Å²) in [4.78, 5) is 12.2. The molecule has 5 heteroatoms. The Morgan fingerprint density at radius 2 is 2.16 bits per heavy atom. The minimum atomic E-state index is -0.170. The predicted octanol–water partition coefficient (Wildman–Crippen LogP) is 2.59. The van der Waals surface area contributed by atoms with Crippen molar-refractivity contribution < 1.29 is 4.79 Å². The smallest absolute Gasteiger partial charge is 0.242 e. The number of carbonyl (C=O) groups is 1. The zero-order chi connectivity index (χ0) is 14.0. The third kappa shape index (κ3) is 3.55. The van der Waals surface area contributed by atoms with E-state index in [-0.39, 0.29) is 11.9 Å². The lowest BCUT2D eigenvalue weighted by Gasteiger charge is -2.13. The SMILES string of the molecule is Cc1cc(NC(=O)C2CC(C(C)C)NN2)ccc1Br. The van der Waals surface area contributed by atoms with Gasteiger partial charge in [0.15, 0.2) is 0 Å². The molecule has 1 aliphatic heterocycles. The van der Waals surface area contributed by atoms with E-state index in [9.17, 15) is 4.79 Å². The largest absolute Gasteiger partial charge is 0.325 e. The second-order valence-corrected chi connectivity index (χ2v) is 6.24. The van der Waals surface area contributed by atoms with Crippen LogP contribution in [0.25, 0.3) is 0 Å². The topological polar surface area (TPSA) is 53.2 Å². The van der Waals surface area contributed by atoms with E-state index in [0.29, 0.717) is 12.0 Å². The number of hydrogen-bond donors (Lipinski definition) is 3. The first-order chi connectivity index (χ1) is 8.97. The first kappa shape index (κ1) is 14.5. The average Bonchev–Trinajstić information content (AvgIpc) is 2.83. The van der Waals surface area contributed by atoms with E-state index in [1.165, 1.54) is 0 Å². The number of hydrogen-bond acceptors (Lipinski definition) is 3. The van der Waals surface area contributed by atoms with E-state index in [4.69, 9.17) is 0 Å². The van der Waals surface area contributed by atoms with Gasteiger partial charge in [-0.15, -0.1) is 0 Å². The fourth-order valence-corrected chi connectivity index (χ4v) is 2.39. The first-order valence-corrected chi connectivity index (χ1v) is 7.34. The van der Waals surface area contributed by atoms with Gasteiger partial charge in [-0.05, 0) is 43.0 Å². The highest BCUT2D eigenvalue weighted by Crippen LogP contribution is 2.21. The molecule has 0 radical (unpaired) electrons. The Morgan fingerprint density at radius 1 is 1.42 bits per heavy atom. The van der Waals surface area contributed by atoms with Crippen molar-refractivity contribution in [3.05, 3.63) is 28.2 Å². The molecule has 0 aliphatic carbocycles. The van der Waals surface area contributed by atoms with E-state index in [1.807, 2.05) is 25.1 Å². The maximum Gasteiger partial charge on any atom is 0.242 e. The Labute approximate surface area is 122 Å². The van der Waals surface area contributed by atoms with Crippen molar-refractivity contribution in [3.8, 4) is 0 Å². The van der Waals surface area contributed by atoms with E-state index in [2.05, 4.69) is 45.9 Å². The van der Waals surface area contributed by atoms with Crippen LogP contribution >= 0.6 is 15.9 Å². The fraction of sp³-hybridized carbons (Fsp3) is 0.500. The van der Waals surface area contributed by atoms with Crippen LogP contribution < -0.4 is 16.2 Å². The number of rotatable bonds is 3. The summed E-state index contributed by atoms with van der Waals surface area (Å²) < 4.78 is 1.05. The molecule has 1 heterocycles. The third-order valence-corrected chi connectivity index (χ3v) is 4.37. The Balaban J connectivity index is 1.96. The summed E-state index contributed by atoms with van der Waals surface area (Å²) in [5.41, 5.74) is 8.18. The van der Waals surface area contributed by atoms with E-state index in [1.54, 1.807) is 0 Å². The highest BCUT2D eigenvalue weighted by molar-refractivity contribution is 9.10. The van der Waals surface area contributed by atoms with Crippen molar-refractivity contribution in [1.29, 1.82) is 0 Å². The normalized spacial score (nSPS) is 22.8. The molecule has 1 fully saturated rings. The summed E-state index contributed by atoms with van der Waals surface area (Å²) >= 11 is 3.45. The number of amides is 1. The van der Waals surface area contributed by atoms with E-state index in [0.717, 1.165) is 22.1 Å². The lowest BCUT2D eigenvalue weighted by atomic mass is 9.99. The lowest BCUT2D eigenvalue weighted by Crippen LogP contribution is -2.40. The van der Waals surface area contributed by atoms with Gasteiger partial charge in [0.2, 0.25) is 5.91 Å². The van der Waals surface area contributed by atoms with Gasteiger partial charge in [0, 0.05) is 16.2 Å². The molecule has 0 bridgehead atoms. The van der Waals surface area contributed by atoms with Gasteiger partial charge >= 0.3 is 0 Å². The quantitative estimate of drug-likeness (QED) is 0.800. The summed E-state index contributed by atoms with van der Waals surface area (Å²) in [6.45, 7) is 6.30. The molecule has 1 amide bonds. The summed E-state index contributed by atoms with van der Waals surface area (Å²) in [5, 5.41) is 2.95. The first-order valence-electron chi connectivity index (χ1n) is 6.55. The second kappa shape index (κ2) is 6.03. The summed E-state index contributed by atoms with van der Waals surface area (Å²) in [6, 6.07) is 5.99. The Morgan fingerprint density at radius 3 is 2.74 bits per heavy atom. The van der Waals surface area contributed by atoms with Gasteiger partial charge in [-0.3, -0.25) is 10.2 Å². The van der Waals surface area contributed by atoms with Crippen LogP contribution in [0.2, 0.25) is 0 Å². The molecule has 1 aromatic rings. The fourth-order valence-electron chi connectivity index (χ4n) is 2.14. The zero-order valence-corrected chi connectivity index (χ0v) is 13.0. The minimum absolute atomic E-state index is 0.0115. The van der Waals surface area contributed by atoms with Crippen molar-refractivity contribution in [2.45, 2.75) is 39.3 Å². The van der Waals surface area contributed by atoms with Crippen molar-refractivity contribution in [2.75, 3.05) is 5.32 Å². The molecule has 0 aromatic heterocycles. The van der Waals surface area contributed by atoms with Gasteiger partial charge in [0.25, 0.3) is 0 Å². The Kier molecular flexibility index (Phi) is 4.60. The Bertz CT molecular complexity index is 476. The van der Waals surface area contributed by atoms with Gasteiger partial charge in [0.05, 0.1) is 0 Å². The third-order valence-electron chi connectivity index (χ3n) is 3.48. The number of carbonyl (C=O) groups excluding carboxylic acids is 1. The number of halogens is 1. The van der Waals surface area contributed by atoms with E-state index < -0.39 is 0 Å². The average molecular weight is 326 g/mol. The molecule has 3 N–H and O–H groups in total. The number of anilines is 1. The number of hydrazine groups is 1. The van der Waals surface area contributed by atoms with Gasteiger partial charge in [-0.2, -0.15) is 0 Å². The molecule has 1 aromatic carbocycles. The molecule has 104 valence electrons. The van der Waals surface area contributed by atoms with Gasteiger partial charge in [-0.1, -0.05) is 29.8 Å². The van der Waals surface area contributed by atoms with Crippen molar-refractivity contribution in [1.82, 2.24) is 10.9 Å². The minimum Gasteiger partial charge on any atom is -0.325 e. The van der Waals surface area contributed by atoms with E-state index >= 15 is 0 Å². The van der Waals surface area contributed by atoms with Gasteiger partial charge < -0.3 is 5.32 Å². The van der Waals surface area contributed by atoms with Crippen LogP contribution in [0.3, 0.4) is 0 Å². The molecule has 1 aliphatic rings. The molecule has 2 unspecified atom stereocenters. The summed E-state index contributed by atoms with van der Waals surface area (Å²) in [5.74, 6) is 0.526. The molecule has 0 saturated carbocycles. The van der Waals surface area contributed by atoms with Crippen LogP contribution in [0.4, 0.5) is 5.69 Å². The van der Waals surface area contributed by atoms with Crippen LogP contribution in [0, 0.1) is 12.8 Å². The molecular formula is C14H20BrN3O. The number of aryl methyl sites for hydroxylation is 1. The van der Waals surface area contributed by atoms with Gasteiger partial charge in [0.1, 0.15) is 6.04 Å². The number of benzene rings is 1. The molecular weight excluding hydrogens is 306 g/mol.